The lowest BCUT2D eigenvalue weighted by molar-refractivity contribution is -0.139. The molecule has 1 unspecified atom stereocenters. The summed E-state index contributed by atoms with van der Waals surface area (Å²) < 4.78 is 26.3. The van der Waals surface area contributed by atoms with Crippen LogP contribution < -0.4 is 4.72 Å². The number of rotatable bonds is 6. The van der Waals surface area contributed by atoms with Gasteiger partial charge in [0, 0.05) is 6.61 Å². The number of carbonyl (C=O) groups is 1. The molecule has 0 bridgehead atoms. The zero-order valence-corrected chi connectivity index (χ0v) is 11.6. The molecule has 0 aromatic heterocycles. The Labute approximate surface area is 112 Å². The molecule has 1 aromatic carbocycles. The Bertz CT molecular complexity index is 567. The molecule has 1 rings (SSSR count). The molecule has 6 nitrogen and oxygen atoms in total. The Hall–Kier alpha value is -1.44. The van der Waals surface area contributed by atoms with Gasteiger partial charge < -0.3 is 10.2 Å². The molecule has 0 radical (unpaired) electrons. The molecule has 3 N–H and O–H groups in total. The SMILES string of the molecule is Cc1ccc(S(=O)(=O)NC(CCO)C(=O)O)c(C)c1. The van der Waals surface area contributed by atoms with E-state index in [9.17, 15) is 13.2 Å². The van der Waals surface area contributed by atoms with E-state index in [1.165, 1.54) is 6.07 Å². The Morgan fingerprint density at radius 1 is 1.37 bits per heavy atom. The number of carboxylic acids is 1. The quantitative estimate of drug-likeness (QED) is 0.703. The number of sulfonamides is 1. The van der Waals surface area contributed by atoms with Crippen molar-refractivity contribution in [3.05, 3.63) is 29.3 Å². The maximum Gasteiger partial charge on any atom is 0.321 e. The molecular weight excluding hydrogens is 270 g/mol. The van der Waals surface area contributed by atoms with Crippen molar-refractivity contribution in [1.29, 1.82) is 0 Å². The Morgan fingerprint density at radius 2 is 2.00 bits per heavy atom. The third-order valence-corrected chi connectivity index (χ3v) is 4.27. The van der Waals surface area contributed by atoms with Crippen LogP contribution in [0.25, 0.3) is 0 Å². The van der Waals surface area contributed by atoms with Crippen LogP contribution in [-0.4, -0.2) is 37.2 Å². The van der Waals surface area contributed by atoms with E-state index in [4.69, 9.17) is 10.2 Å². The van der Waals surface area contributed by atoms with Gasteiger partial charge in [0.15, 0.2) is 0 Å². The van der Waals surface area contributed by atoms with Crippen LogP contribution in [-0.2, 0) is 14.8 Å². The maximum absolute atomic E-state index is 12.1. The van der Waals surface area contributed by atoms with Crippen LogP contribution in [0, 0.1) is 13.8 Å². The molecule has 0 heterocycles. The van der Waals surface area contributed by atoms with Gasteiger partial charge in [-0.2, -0.15) is 4.72 Å². The zero-order valence-electron chi connectivity index (χ0n) is 10.8. The number of benzene rings is 1. The summed E-state index contributed by atoms with van der Waals surface area (Å²) in [6, 6.07) is 3.45. The lowest BCUT2D eigenvalue weighted by atomic mass is 10.2. The number of hydrogen-bond acceptors (Lipinski definition) is 4. The van der Waals surface area contributed by atoms with E-state index < -0.39 is 28.6 Å². The van der Waals surface area contributed by atoms with Crippen LogP contribution in [0.1, 0.15) is 17.5 Å². The van der Waals surface area contributed by atoms with E-state index in [1.54, 1.807) is 19.1 Å². The van der Waals surface area contributed by atoms with Gasteiger partial charge in [-0.15, -0.1) is 0 Å². The smallest absolute Gasteiger partial charge is 0.321 e. The molecule has 1 aromatic rings. The minimum absolute atomic E-state index is 0.0438. The highest BCUT2D eigenvalue weighted by Gasteiger charge is 2.25. The summed E-state index contributed by atoms with van der Waals surface area (Å²) in [5.74, 6) is -1.32. The van der Waals surface area contributed by atoms with E-state index in [1.807, 2.05) is 6.92 Å². The topological polar surface area (TPSA) is 104 Å². The van der Waals surface area contributed by atoms with Gasteiger partial charge in [-0.1, -0.05) is 17.7 Å². The molecule has 0 amide bonds. The Morgan fingerprint density at radius 3 is 2.47 bits per heavy atom. The number of aliphatic hydroxyl groups excluding tert-OH is 1. The lowest BCUT2D eigenvalue weighted by Crippen LogP contribution is -2.41. The second kappa shape index (κ2) is 6.14. The monoisotopic (exact) mass is 287 g/mol. The van der Waals surface area contributed by atoms with Gasteiger partial charge in [0.2, 0.25) is 10.0 Å². The summed E-state index contributed by atoms with van der Waals surface area (Å²) in [5, 5.41) is 17.6. The summed E-state index contributed by atoms with van der Waals surface area (Å²) in [5.41, 5.74) is 1.46. The van der Waals surface area contributed by atoms with Crippen molar-refractivity contribution in [2.45, 2.75) is 31.2 Å². The molecule has 0 aliphatic rings. The normalized spacial score (nSPS) is 13.2. The lowest BCUT2D eigenvalue weighted by Gasteiger charge is -2.15. The number of nitrogens with one attached hydrogen (secondary N) is 1. The fraction of sp³-hybridized carbons (Fsp3) is 0.417. The minimum Gasteiger partial charge on any atom is -0.480 e. The van der Waals surface area contributed by atoms with E-state index in [0.29, 0.717) is 5.56 Å². The first-order valence-corrected chi connectivity index (χ1v) is 7.19. The first-order chi connectivity index (χ1) is 8.77. The van der Waals surface area contributed by atoms with Gasteiger partial charge >= 0.3 is 5.97 Å². The molecule has 19 heavy (non-hydrogen) atoms. The number of aliphatic carboxylic acids is 1. The number of carboxylic acid groups (broad SMARTS) is 1. The molecule has 0 saturated carbocycles. The van der Waals surface area contributed by atoms with Crippen molar-refractivity contribution >= 4 is 16.0 Å². The molecule has 0 saturated heterocycles. The van der Waals surface area contributed by atoms with E-state index in [0.717, 1.165) is 5.56 Å². The number of aliphatic hydroxyl groups is 1. The predicted molar refractivity (Wildman–Crippen MR) is 69.4 cm³/mol. The molecule has 0 spiro atoms. The van der Waals surface area contributed by atoms with Crippen molar-refractivity contribution in [3.8, 4) is 0 Å². The summed E-state index contributed by atoms with van der Waals surface area (Å²) in [6.07, 6.45) is -0.181. The maximum atomic E-state index is 12.1. The van der Waals surface area contributed by atoms with Crippen molar-refractivity contribution < 1.29 is 23.4 Å². The fourth-order valence-electron chi connectivity index (χ4n) is 1.71. The average molecular weight is 287 g/mol. The van der Waals surface area contributed by atoms with Crippen LogP contribution in [0.15, 0.2) is 23.1 Å². The summed E-state index contributed by atoms with van der Waals surface area (Å²) in [4.78, 5) is 10.9. The molecule has 1 atom stereocenters. The summed E-state index contributed by atoms with van der Waals surface area (Å²) in [7, 11) is -3.92. The third kappa shape index (κ3) is 4.02. The molecule has 0 fully saturated rings. The minimum atomic E-state index is -3.92. The van der Waals surface area contributed by atoms with Gasteiger partial charge in [-0.3, -0.25) is 4.79 Å². The van der Waals surface area contributed by atoms with E-state index >= 15 is 0 Å². The highest BCUT2D eigenvalue weighted by molar-refractivity contribution is 7.89. The standard InChI is InChI=1S/C12H17NO5S/c1-8-3-4-11(9(2)7-8)19(17,18)13-10(5-6-14)12(15)16/h3-4,7,10,13-14H,5-6H2,1-2H3,(H,15,16). The largest absolute Gasteiger partial charge is 0.480 e. The van der Waals surface area contributed by atoms with Crippen molar-refractivity contribution in [2.75, 3.05) is 6.61 Å². The fourth-order valence-corrected chi connectivity index (χ4v) is 3.16. The first kappa shape index (κ1) is 15.6. The van der Waals surface area contributed by atoms with Gasteiger partial charge in [0.1, 0.15) is 6.04 Å². The van der Waals surface area contributed by atoms with E-state index in [-0.39, 0.29) is 11.3 Å². The second-order valence-corrected chi connectivity index (χ2v) is 5.98. The van der Waals surface area contributed by atoms with Crippen molar-refractivity contribution in [2.24, 2.45) is 0 Å². The predicted octanol–water partition coefficient (Wildman–Crippen LogP) is 0.417. The Kier molecular flexibility index (Phi) is 5.04. The van der Waals surface area contributed by atoms with Crippen LogP contribution >= 0.6 is 0 Å². The highest BCUT2D eigenvalue weighted by Crippen LogP contribution is 2.17. The van der Waals surface area contributed by atoms with Crippen LogP contribution in [0.2, 0.25) is 0 Å². The summed E-state index contributed by atoms with van der Waals surface area (Å²) >= 11 is 0. The third-order valence-electron chi connectivity index (χ3n) is 2.63. The Balaban J connectivity index is 3.06. The zero-order chi connectivity index (χ0) is 14.6. The molecule has 7 heteroatoms. The van der Waals surface area contributed by atoms with Crippen molar-refractivity contribution in [3.63, 3.8) is 0 Å². The van der Waals surface area contributed by atoms with E-state index in [2.05, 4.69) is 4.72 Å². The van der Waals surface area contributed by atoms with Gasteiger partial charge in [0.25, 0.3) is 0 Å². The van der Waals surface area contributed by atoms with Gasteiger partial charge in [-0.05, 0) is 31.9 Å². The highest BCUT2D eigenvalue weighted by atomic mass is 32.2. The molecular formula is C12H17NO5S. The first-order valence-electron chi connectivity index (χ1n) is 5.71. The summed E-state index contributed by atoms with van der Waals surface area (Å²) in [6.45, 7) is 3.07. The van der Waals surface area contributed by atoms with Crippen LogP contribution in [0.5, 0.6) is 0 Å². The van der Waals surface area contributed by atoms with Gasteiger partial charge in [-0.25, -0.2) is 8.42 Å². The van der Waals surface area contributed by atoms with Gasteiger partial charge in [0.05, 0.1) is 4.90 Å². The number of hydrogen-bond donors (Lipinski definition) is 3. The van der Waals surface area contributed by atoms with Crippen molar-refractivity contribution in [1.82, 2.24) is 4.72 Å². The molecule has 0 aliphatic carbocycles. The number of aryl methyl sites for hydroxylation is 2. The second-order valence-electron chi connectivity index (χ2n) is 4.29. The van der Waals surface area contributed by atoms with Crippen LogP contribution in [0.4, 0.5) is 0 Å². The molecule has 106 valence electrons. The average Bonchev–Trinajstić information content (AvgIpc) is 2.27. The van der Waals surface area contributed by atoms with Crippen LogP contribution in [0.3, 0.4) is 0 Å². The molecule has 0 aliphatic heterocycles.